The summed E-state index contributed by atoms with van der Waals surface area (Å²) in [5, 5.41) is 6.98. The molecular weight excluding hydrogens is 765 g/mol. The van der Waals surface area contributed by atoms with Crippen LogP contribution in [0.15, 0.2) is 243 Å². The highest BCUT2D eigenvalue weighted by Gasteiger charge is 2.28. The van der Waals surface area contributed by atoms with Crippen molar-refractivity contribution >= 4 is 66.4 Å². The van der Waals surface area contributed by atoms with Gasteiger partial charge in [0.1, 0.15) is 5.75 Å². The third-order valence-corrected chi connectivity index (χ3v) is 12.4. The monoisotopic (exact) mass is 804 g/mol. The van der Waals surface area contributed by atoms with Gasteiger partial charge in [0.05, 0.1) is 11.4 Å². The number of anilines is 6. The molecule has 11 aromatic carbocycles. The molecule has 0 spiro atoms. The molecule has 0 N–H and O–H groups in total. The third kappa shape index (κ3) is 6.46. The number of nitrogens with zero attached hydrogens (tertiary/aromatic N) is 2. The first kappa shape index (κ1) is 36.5. The van der Waals surface area contributed by atoms with E-state index in [4.69, 9.17) is 4.74 Å². The second-order valence-electron chi connectivity index (χ2n) is 16.1. The Kier molecular flexibility index (Phi) is 8.83. The quantitative estimate of drug-likeness (QED) is 0.152. The number of hydrogen-bond donors (Lipinski definition) is 0. The molecule has 1 aliphatic rings. The van der Waals surface area contributed by atoms with Crippen LogP contribution in [0.3, 0.4) is 0 Å². The van der Waals surface area contributed by atoms with Crippen LogP contribution in [-0.4, -0.2) is 0 Å². The van der Waals surface area contributed by atoms with Crippen LogP contribution in [-0.2, 0) is 0 Å². The summed E-state index contributed by atoms with van der Waals surface area (Å²) in [5.74, 6) is 1.66. The maximum Gasteiger partial charge on any atom is 0.159 e. The number of rotatable bonds is 8. The van der Waals surface area contributed by atoms with Gasteiger partial charge in [0, 0.05) is 39.1 Å². The van der Waals surface area contributed by atoms with Crippen LogP contribution >= 0.6 is 0 Å². The number of fused-ring (bicyclic) bond motifs is 4. The zero-order valence-electron chi connectivity index (χ0n) is 34.4. The second kappa shape index (κ2) is 15.3. The van der Waals surface area contributed by atoms with Crippen molar-refractivity contribution in [3.8, 4) is 44.9 Å². The molecule has 0 radical (unpaired) electrons. The smallest absolute Gasteiger partial charge is 0.159 e. The van der Waals surface area contributed by atoms with Gasteiger partial charge in [0.2, 0.25) is 0 Å². The van der Waals surface area contributed by atoms with Crippen molar-refractivity contribution in [2.24, 2.45) is 0 Å². The Morgan fingerprint density at radius 2 is 0.794 bits per heavy atom. The first-order valence-corrected chi connectivity index (χ1v) is 21.5. The minimum atomic E-state index is 0.821. The Morgan fingerprint density at radius 1 is 0.286 bits per heavy atom. The zero-order valence-corrected chi connectivity index (χ0v) is 34.4. The van der Waals surface area contributed by atoms with Crippen LogP contribution in [0.5, 0.6) is 11.5 Å². The molecule has 12 rings (SSSR count). The van der Waals surface area contributed by atoms with E-state index in [9.17, 15) is 0 Å². The number of benzene rings is 11. The van der Waals surface area contributed by atoms with Crippen LogP contribution in [0.25, 0.3) is 65.7 Å². The third-order valence-electron chi connectivity index (χ3n) is 12.4. The standard InChI is InChI=1S/C60H40N2O/c1-3-13-41(14-4-1)44-25-31-49(32-26-44)61(56-24-12-20-46-18-9-10-22-53(46)56)52-36-38-58-55(40-52)54-23-11-21-47-30-37-57(60(63-58)59(47)54)62(51-35-29-43-17-7-8-19-48(43)39-51)50-33-27-45(28-34-50)42-15-5-2-6-16-42/h1-40H. The van der Waals surface area contributed by atoms with E-state index in [2.05, 4.69) is 252 Å². The van der Waals surface area contributed by atoms with Gasteiger partial charge in [-0.25, -0.2) is 0 Å². The molecule has 0 aromatic heterocycles. The summed E-state index contributed by atoms with van der Waals surface area (Å²) < 4.78 is 7.21. The van der Waals surface area contributed by atoms with E-state index in [1.807, 2.05) is 0 Å². The van der Waals surface area contributed by atoms with Crippen molar-refractivity contribution in [2.75, 3.05) is 9.80 Å². The van der Waals surface area contributed by atoms with Gasteiger partial charge in [-0.05, 0) is 116 Å². The molecule has 0 atom stereocenters. The Hall–Kier alpha value is -8.40. The molecule has 11 aromatic rings. The van der Waals surface area contributed by atoms with Crippen LogP contribution < -0.4 is 14.5 Å². The molecular formula is C60H40N2O. The van der Waals surface area contributed by atoms with E-state index in [1.165, 1.54) is 43.8 Å². The summed E-state index contributed by atoms with van der Waals surface area (Å²) in [4.78, 5) is 4.72. The van der Waals surface area contributed by atoms with Crippen molar-refractivity contribution in [1.82, 2.24) is 0 Å². The molecule has 63 heavy (non-hydrogen) atoms. The Morgan fingerprint density at radius 3 is 1.51 bits per heavy atom. The summed E-state index contributed by atoms with van der Waals surface area (Å²) in [7, 11) is 0. The molecule has 0 amide bonds. The predicted molar refractivity (Wildman–Crippen MR) is 265 cm³/mol. The fourth-order valence-corrected chi connectivity index (χ4v) is 9.35. The molecule has 0 saturated heterocycles. The predicted octanol–water partition coefficient (Wildman–Crippen LogP) is 17.2. The van der Waals surface area contributed by atoms with E-state index >= 15 is 0 Å². The summed E-state index contributed by atoms with van der Waals surface area (Å²) in [6.07, 6.45) is 0. The number of ether oxygens (including phenoxy) is 1. The van der Waals surface area contributed by atoms with Crippen molar-refractivity contribution in [3.63, 3.8) is 0 Å². The Labute approximate surface area is 367 Å². The SMILES string of the molecule is c1ccc(-c2ccc(N(c3ccc4ccccc4c3)c3ccc4cccc5c4c3Oc3ccc(N(c4ccc(-c6ccccc6)cc4)c4cccc6ccccc46)cc3-5)cc2)cc1. The van der Waals surface area contributed by atoms with Crippen molar-refractivity contribution in [2.45, 2.75) is 0 Å². The van der Waals surface area contributed by atoms with Crippen LogP contribution in [0, 0.1) is 0 Å². The van der Waals surface area contributed by atoms with Crippen molar-refractivity contribution in [1.29, 1.82) is 0 Å². The average Bonchev–Trinajstić information content (AvgIpc) is 3.36. The Bertz CT molecular complexity index is 3470. The van der Waals surface area contributed by atoms with Gasteiger partial charge in [-0.3, -0.25) is 0 Å². The van der Waals surface area contributed by atoms with Crippen LogP contribution in [0.2, 0.25) is 0 Å². The minimum absolute atomic E-state index is 0.821. The highest BCUT2D eigenvalue weighted by atomic mass is 16.5. The lowest BCUT2D eigenvalue weighted by molar-refractivity contribution is 0.488. The molecule has 0 unspecified atom stereocenters. The highest BCUT2D eigenvalue weighted by molar-refractivity contribution is 6.09. The molecule has 1 aliphatic heterocycles. The molecule has 3 heteroatoms. The second-order valence-corrected chi connectivity index (χ2v) is 16.1. The lowest BCUT2D eigenvalue weighted by atomic mass is 9.93. The molecule has 0 saturated carbocycles. The summed E-state index contributed by atoms with van der Waals surface area (Å²) >= 11 is 0. The van der Waals surface area contributed by atoms with Crippen molar-refractivity contribution in [3.05, 3.63) is 243 Å². The zero-order chi connectivity index (χ0) is 41.7. The molecule has 3 nitrogen and oxygen atoms in total. The molecule has 296 valence electrons. The maximum absolute atomic E-state index is 7.21. The topological polar surface area (TPSA) is 15.7 Å². The van der Waals surface area contributed by atoms with E-state index in [1.54, 1.807) is 0 Å². The normalized spacial score (nSPS) is 11.6. The fraction of sp³-hybridized carbons (Fsp3) is 0. The summed E-state index contributed by atoms with van der Waals surface area (Å²) in [5.41, 5.74) is 13.3. The van der Waals surface area contributed by atoms with Gasteiger partial charge in [-0.15, -0.1) is 0 Å². The van der Waals surface area contributed by atoms with Gasteiger partial charge in [-0.1, -0.05) is 176 Å². The van der Waals surface area contributed by atoms with Crippen LogP contribution in [0.4, 0.5) is 34.1 Å². The van der Waals surface area contributed by atoms with Gasteiger partial charge in [-0.2, -0.15) is 0 Å². The summed E-state index contributed by atoms with van der Waals surface area (Å²) in [6.45, 7) is 0. The van der Waals surface area contributed by atoms with Crippen LogP contribution in [0.1, 0.15) is 0 Å². The Balaban J connectivity index is 1.02. The largest absolute Gasteiger partial charge is 0.454 e. The molecule has 0 aliphatic carbocycles. The lowest BCUT2D eigenvalue weighted by Crippen LogP contribution is -2.13. The van der Waals surface area contributed by atoms with Gasteiger partial charge < -0.3 is 14.5 Å². The van der Waals surface area contributed by atoms with Crippen molar-refractivity contribution < 1.29 is 4.74 Å². The lowest BCUT2D eigenvalue weighted by Gasteiger charge is -2.32. The molecule has 1 heterocycles. The van der Waals surface area contributed by atoms with Gasteiger partial charge >= 0.3 is 0 Å². The van der Waals surface area contributed by atoms with E-state index in [0.29, 0.717) is 0 Å². The van der Waals surface area contributed by atoms with E-state index in [-0.39, 0.29) is 0 Å². The highest BCUT2D eigenvalue weighted by Crippen LogP contribution is 2.54. The molecule has 0 fully saturated rings. The molecule has 0 bridgehead atoms. The first-order valence-electron chi connectivity index (χ1n) is 21.5. The number of hydrogen-bond acceptors (Lipinski definition) is 3. The van der Waals surface area contributed by atoms with Gasteiger partial charge in [0.25, 0.3) is 0 Å². The van der Waals surface area contributed by atoms with E-state index < -0.39 is 0 Å². The average molecular weight is 805 g/mol. The summed E-state index contributed by atoms with van der Waals surface area (Å²) in [6, 6.07) is 87.0. The first-order chi connectivity index (χ1) is 31.2. The van der Waals surface area contributed by atoms with Gasteiger partial charge in [0.15, 0.2) is 5.75 Å². The maximum atomic E-state index is 7.21. The minimum Gasteiger partial charge on any atom is -0.454 e. The van der Waals surface area contributed by atoms with E-state index in [0.717, 1.165) is 67.5 Å². The fourth-order valence-electron chi connectivity index (χ4n) is 9.35.